The van der Waals surface area contributed by atoms with Crippen LogP contribution >= 0.6 is 11.6 Å². The lowest BCUT2D eigenvalue weighted by Crippen LogP contribution is -2.48. The highest BCUT2D eigenvalue weighted by Gasteiger charge is 2.62. The molecule has 0 unspecified atom stereocenters. The maximum Gasteiger partial charge on any atom is 0.307 e. The van der Waals surface area contributed by atoms with Crippen LogP contribution in [0.25, 0.3) is 0 Å². The van der Waals surface area contributed by atoms with E-state index in [0.29, 0.717) is 22.5 Å². The lowest BCUT2D eigenvalue weighted by molar-refractivity contribution is -0.152. The molecule has 0 saturated heterocycles. The molecule has 0 spiro atoms. The molecule has 0 radical (unpaired) electrons. The fourth-order valence-corrected chi connectivity index (χ4v) is 4.70. The number of allylic oxidation sites excluding steroid dienone is 2. The van der Waals surface area contributed by atoms with Gasteiger partial charge in [0.15, 0.2) is 0 Å². The van der Waals surface area contributed by atoms with Crippen LogP contribution < -0.4 is 5.32 Å². The number of carbonyl (C=O) groups is 2. The highest BCUT2D eigenvalue weighted by atomic mass is 35.5. The van der Waals surface area contributed by atoms with E-state index in [1.165, 1.54) is 0 Å². The molecular weight excluding hydrogens is 314 g/mol. The van der Waals surface area contributed by atoms with Gasteiger partial charge in [0.1, 0.15) is 0 Å². The van der Waals surface area contributed by atoms with Crippen molar-refractivity contribution in [3.05, 3.63) is 40.9 Å². The standard InChI is InChI=1S/C18H18ClNO3/c1-8-13(19)3-2-4-14(8)20-17(21)15-9-5-6-10(12-7-11(9)12)16(15)18(22)23/h2-6,9-12,15-16H,7H2,1H3,(H,20,21)(H,22,23)/t9-,10+,11-,12+,15-,16-/m1/s1. The van der Waals surface area contributed by atoms with Gasteiger partial charge in [0.2, 0.25) is 5.91 Å². The second-order valence-electron chi connectivity index (χ2n) is 6.89. The number of nitrogens with one attached hydrogen (secondary N) is 1. The van der Waals surface area contributed by atoms with Crippen LogP contribution in [0.5, 0.6) is 0 Å². The van der Waals surface area contributed by atoms with Gasteiger partial charge in [-0.3, -0.25) is 9.59 Å². The fraction of sp³-hybridized carbons (Fsp3) is 0.444. The highest BCUT2D eigenvalue weighted by molar-refractivity contribution is 6.31. The van der Waals surface area contributed by atoms with Gasteiger partial charge in [0.25, 0.3) is 0 Å². The highest BCUT2D eigenvalue weighted by Crippen LogP contribution is 2.63. The van der Waals surface area contributed by atoms with Gasteiger partial charge in [-0.1, -0.05) is 29.8 Å². The molecule has 2 N–H and O–H groups in total. The second kappa shape index (κ2) is 5.10. The van der Waals surface area contributed by atoms with Crippen molar-refractivity contribution in [2.24, 2.45) is 35.5 Å². The van der Waals surface area contributed by atoms with Gasteiger partial charge in [-0.25, -0.2) is 0 Å². The molecule has 1 aromatic carbocycles. The van der Waals surface area contributed by atoms with Crippen LogP contribution in [0.15, 0.2) is 30.4 Å². The Morgan fingerprint density at radius 1 is 1.17 bits per heavy atom. The molecule has 2 saturated carbocycles. The third-order valence-corrected chi connectivity index (χ3v) is 6.17. The van der Waals surface area contributed by atoms with Gasteiger partial charge in [-0.2, -0.15) is 0 Å². The Morgan fingerprint density at radius 2 is 1.83 bits per heavy atom. The van der Waals surface area contributed by atoms with Crippen LogP contribution in [0, 0.1) is 42.4 Å². The van der Waals surface area contributed by atoms with Gasteiger partial charge >= 0.3 is 5.97 Å². The van der Waals surface area contributed by atoms with Crippen molar-refractivity contribution in [3.63, 3.8) is 0 Å². The second-order valence-corrected chi connectivity index (χ2v) is 7.30. The zero-order valence-corrected chi connectivity index (χ0v) is 13.5. The SMILES string of the molecule is Cc1c(Cl)cccc1NC(=O)[C@@H]1[C@@H]2C=C[C@@H]([C@@H]3C[C@H]23)[C@H]1C(=O)O. The number of aliphatic carboxylic acids is 1. The van der Waals surface area contributed by atoms with E-state index in [4.69, 9.17) is 11.6 Å². The lowest BCUT2D eigenvalue weighted by Gasteiger charge is -2.41. The van der Waals surface area contributed by atoms with Crippen LogP contribution in [-0.2, 0) is 9.59 Å². The summed E-state index contributed by atoms with van der Waals surface area (Å²) in [5.41, 5.74) is 1.46. The molecule has 0 heterocycles. The predicted octanol–water partition coefficient (Wildman–Crippen LogP) is 3.36. The fourth-order valence-electron chi connectivity index (χ4n) is 4.53. The number of carboxylic acid groups (broad SMARTS) is 1. The van der Waals surface area contributed by atoms with E-state index in [1.807, 2.05) is 13.0 Å². The molecule has 1 aromatic rings. The molecule has 6 atom stereocenters. The molecule has 4 aliphatic rings. The first kappa shape index (κ1) is 14.8. The quantitative estimate of drug-likeness (QED) is 0.835. The summed E-state index contributed by atoms with van der Waals surface area (Å²) in [7, 11) is 0. The molecule has 2 fully saturated rings. The topological polar surface area (TPSA) is 66.4 Å². The van der Waals surface area contributed by atoms with Crippen molar-refractivity contribution in [1.29, 1.82) is 0 Å². The Labute approximate surface area is 139 Å². The van der Waals surface area contributed by atoms with Crippen molar-refractivity contribution < 1.29 is 14.7 Å². The van der Waals surface area contributed by atoms with Crippen LogP contribution in [-0.4, -0.2) is 17.0 Å². The van der Waals surface area contributed by atoms with E-state index in [9.17, 15) is 14.7 Å². The van der Waals surface area contributed by atoms with Crippen molar-refractivity contribution >= 4 is 29.2 Å². The maximum absolute atomic E-state index is 12.8. The molecule has 0 aromatic heterocycles. The van der Waals surface area contributed by atoms with Crippen LogP contribution in [0.2, 0.25) is 5.02 Å². The average Bonchev–Trinajstić information content (AvgIpc) is 3.33. The van der Waals surface area contributed by atoms with E-state index in [0.717, 1.165) is 12.0 Å². The number of anilines is 1. The lowest BCUT2D eigenvalue weighted by atomic mass is 9.62. The Morgan fingerprint density at radius 3 is 2.48 bits per heavy atom. The maximum atomic E-state index is 12.8. The van der Waals surface area contributed by atoms with E-state index in [-0.39, 0.29) is 17.7 Å². The Hall–Kier alpha value is -1.81. The summed E-state index contributed by atoms with van der Waals surface area (Å²) in [6, 6.07) is 5.35. The molecule has 23 heavy (non-hydrogen) atoms. The van der Waals surface area contributed by atoms with Crippen LogP contribution in [0.1, 0.15) is 12.0 Å². The Kier molecular flexibility index (Phi) is 3.27. The molecular formula is C18H18ClNO3. The van der Waals surface area contributed by atoms with Crippen molar-refractivity contribution in [3.8, 4) is 0 Å². The largest absolute Gasteiger partial charge is 0.481 e. The zero-order chi connectivity index (χ0) is 16.3. The van der Waals surface area contributed by atoms with Crippen LogP contribution in [0.4, 0.5) is 5.69 Å². The summed E-state index contributed by atoms with van der Waals surface area (Å²) in [4.78, 5) is 24.6. The number of hydrogen-bond acceptors (Lipinski definition) is 2. The van der Waals surface area contributed by atoms with Gasteiger partial charge in [-0.15, -0.1) is 0 Å². The van der Waals surface area contributed by atoms with Gasteiger partial charge in [0.05, 0.1) is 11.8 Å². The summed E-state index contributed by atoms with van der Waals surface area (Å²) < 4.78 is 0. The minimum atomic E-state index is -0.863. The predicted molar refractivity (Wildman–Crippen MR) is 87.2 cm³/mol. The number of hydrogen-bond donors (Lipinski definition) is 2. The number of halogens is 1. The van der Waals surface area contributed by atoms with E-state index in [2.05, 4.69) is 11.4 Å². The summed E-state index contributed by atoms with van der Waals surface area (Å²) in [5.74, 6) is -1.19. The Bertz CT molecular complexity index is 729. The number of benzene rings is 1. The smallest absolute Gasteiger partial charge is 0.307 e. The molecule has 5 heteroatoms. The zero-order valence-electron chi connectivity index (χ0n) is 12.7. The minimum Gasteiger partial charge on any atom is -0.481 e. The molecule has 0 aliphatic heterocycles. The molecule has 120 valence electrons. The van der Waals surface area contributed by atoms with Crippen molar-refractivity contribution in [1.82, 2.24) is 0 Å². The summed E-state index contributed by atoms with van der Waals surface area (Å²) >= 11 is 6.10. The molecule has 5 rings (SSSR count). The first-order chi connectivity index (χ1) is 11.0. The summed E-state index contributed by atoms with van der Waals surface area (Å²) in [5, 5.41) is 13.1. The third-order valence-electron chi connectivity index (χ3n) is 5.77. The van der Waals surface area contributed by atoms with Gasteiger partial charge < -0.3 is 10.4 Å². The first-order valence-electron chi connectivity index (χ1n) is 7.96. The first-order valence-corrected chi connectivity index (χ1v) is 8.34. The number of fused-ring (bicyclic) bond motifs is 1. The molecule has 1 amide bonds. The normalized spacial score (nSPS) is 36.4. The van der Waals surface area contributed by atoms with Crippen LogP contribution in [0.3, 0.4) is 0 Å². The number of amides is 1. The minimum absolute atomic E-state index is 0.00120. The number of carboxylic acids is 1. The van der Waals surface area contributed by atoms with Gasteiger partial charge in [-0.05, 0) is 54.7 Å². The van der Waals surface area contributed by atoms with E-state index in [1.54, 1.807) is 18.2 Å². The van der Waals surface area contributed by atoms with Crippen molar-refractivity contribution in [2.45, 2.75) is 13.3 Å². The molecule has 2 bridgehead atoms. The monoisotopic (exact) mass is 331 g/mol. The molecule has 4 nitrogen and oxygen atoms in total. The molecule has 4 aliphatic carbocycles. The summed E-state index contributed by atoms with van der Waals surface area (Å²) in [6.45, 7) is 1.84. The number of rotatable bonds is 3. The van der Waals surface area contributed by atoms with Gasteiger partial charge in [0, 0.05) is 10.7 Å². The third kappa shape index (κ3) is 2.19. The van der Waals surface area contributed by atoms with Crippen molar-refractivity contribution in [2.75, 3.05) is 5.32 Å². The van der Waals surface area contributed by atoms with E-state index < -0.39 is 17.8 Å². The Balaban J connectivity index is 1.63. The average molecular weight is 332 g/mol. The van der Waals surface area contributed by atoms with E-state index >= 15 is 0 Å². The summed E-state index contributed by atoms with van der Waals surface area (Å²) in [6.07, 6.45) is 5.13. The number of carbonyl (C=O) groups excluding carboxylic acids is 1.